The van der Waals surface area contributed by atoms with E-state index in [0.717, 1.165) is 40.0 Å². The molecule has 4 nitrogen and oxygen atoms in total. The topological polar surface area (TPSA) is 44.2 Å². The average Bonchev–Trinajstić information content (AvgIpc) is 2.77. The number of methoxy groups -OCH3 is 1. The predicted molar refractivity (Wildman–Crippen MR) is 136 cm³/mol. The maximum Gasteiger partial charge on any atom is 0.126 e. The van der Waals surface area contributed by atoms with Gasteiger partial charge in [0.05, 0.1) is 29.9 Å². The van der Waals surface area contributed by atoms with Gasteiger partial charge in [-0.3, -0.25) is 0 Å². The molecule has 0 radical (unpaired) electrons. The Bertz CT molecular complexity index is 1130. The summed E-state index contributed by atoms with van der Waals surface area (Å²) >= 11 is 0. The largest absolute Gasteiger partial charge is 0.500 e. The van der Waals surface area contributed by atoms with Gasteiger partial charge in [-0.05, 0) is 36.4 Å². The van der Waals surface area contributed by atoms with Crippen LogP contribution in [-0.4, -0.2) is 17.1 Å². The molecule has 3 aromatic rings. The molecule has 2 heterocycles. The zero-order valence-corrected chi connectivity index (χ0v) is 20.7. The molecule has 0 aliphatic heterocycles. The highest BCUT2D eigenvalue weighted by Gasteiger charge is 2.20. The molecule has 1 aromatic carbocycles. The van der Waals surface area contributed by atoms with Gasteiger partial charge in [0.15, 0.2) is 0 Å². The van der Waals surface area contributed by atoms with Crippen LogP contribution in [0.4, 0.5) is 0 Å². The van der Waals surface area contributed by atoms with Crippen molar-refractivity contribution in [2.75, 3.05) is 7.11 Å². The van der Waals surface area contributed by atoms with Gasteiger partial charge in [-0.15, -0.1) is 0 Å². The highest BCUT2D eigenvalue weighted by atomic mass is 16.5. The predicted octanol–water partition coefficient (Wildman–Crippen LogP) is 7.64. The maximum atomic E-state index is 6.22. The number of hydrogen-bond acceptors (Lipinski definition) is 4. The van der Waals surface area contributed by atoms with Crippen molar-refractivity contribution >= 4 is 12.2 Å². The van der Waals surface area contributed by atoms with Crippen LogP contribution in [0.15, 0.2) is 78.2 Å². The molecule has 0 saturated carbocycles. The van der Waals surface area contributed by atoms with E-state index < -0.39 is 0 Å². The fourth-order valence-electron chi connectivity index (χ4n) is 3.21. The number of pyridine rings is 2. The van der Waals surface area contributed by atoms with Crippen molar-refractivity contribution in [1.82, 2.24) is 9.97 Å². The minimum absolute atomic E-state index is 0.0997. The lowest BCUT2D eigenvalue weighted by molar-refractivity contribution is 0.211. The molecule has 0 unspecified atom stereocenters. The second-order valence-electron chi connectivity index (χ2n) is 10.0. The zero-order valence-electron chi connectivity index (χ0n) is 20.7. The second kappa shape index (κ2) is 10.0. The van der Waals surface area contributed by atoms with Crippen molar-refractivity contribution in [2.24, 2.45) is 10.8 Å². The smallest absolute Gasteiger partial charge is 0.126 e. The van der Waals surface area contributed by atoms with Crippen LogP contribution >= 0.6 is 0 Å². The third-order valence-electron chi connectivity index (χ3n) is 5.03. The van der Waals surface area contributed by atoms with Crippen molar-refractivity contribution in [2.45, 2.75) is 41.5 Å². The van der Waals surface area contributed by atoms with Crippen LogP contribution in [0.2, 0.25) is 0 Å². The summed E-state index contributed by atoms with van der Waals surface area (Å²) in [4.78, 5) is 9.67. The molecule has 0 saturated heterocycles. The van der Waals surface area contributed by atoms with Crippen LogP contribution in [0.1, 0.15) is 52.9 Å². The van der Waals surface area contributed by atoms with Crippen LogP contribution in [0.3, 0.4) is 0 Å². The Kier molecular flexibility index (Phi) is 7.37. The summed E-state index contributed by atoms with van der Waals surface area (Å²) in [5.41, 5.74) is 3.00. The van der Waals surface area contributed by atoms with Gasteiger partial charge < -0.3 is 9.47 Å². The van der Waals surface area contributed by atoms with E-state index in [1.165, 1.54) is 0 Å². The van der Waals surface area contributed by atoms with Gasteiger partial charge in [0.2, 0.25) is 0 Å². The number of hydrogen-bond donors (Lipinski definition) is 0. The molecule has 0 atom stereocenters. The fraction of sp³-hybridized carbons (Fsp3) is 0.310. The summed E-state index contributed by atoms with van der Waals surface area (Å²) in [6.45, 7) is 12.7. The SMILES string of the molecule is CO/C(=C\c1cccc(-c2cccc(/C=C(\Oc3ccccc3)C(C)(C)C)n2)n1)C(C)(C)C. The van der Waals surface area contributed by atoms with E-state index in [0.29, 0.717) is 0 Å². The molecule has 2 aromatic heterocycles. The van der Waals surface area contributed by atoms with Gasteiger partial charge in [-0.2, -0.15) is 0 Å². The minimum Gasteiger partial charge on any atom is -0.500 e. The first-order chi connectivity index (χ1) is 15.6. The van der Waals surface area contributed by atoms with Gasteiger partial charge in [-0.25, -0.2) is 9.97 Å². The zero-order chi connectivity index (χ0) is 24.1. The first-order valence-corrected chi connectivity index (χ1v) is 11.2. The molecular formula is C29H34N2O2. The van der Waals surface area contributed by atoms with Crippen LogP contribution in [0.5, 0.6) is 5.75 Å². The van der Waals surface area contributed by atoms with E-state index in [1.54, 1.807) is 7.11 Å². The Morgan fingerprint density at radius 1 is 0.636 bits per heavy atom. The van der Waals surface area contributed by atoms with Gasteiger partial charge in [-0.1, -0.05) is 71.9 Å². The molecule has 4 heteroatoms. The quantitative estimate of drug-likeness (QED) is 0.368. The third-order valence-corrected chi connectivity index (χ3v) is 5.03. The maximum absolute atomic E-state index is 6.22. The average molecular weight is 443 g/mol. The first kappa shape index (κ1) is 24.2. The van der Waals surface area contributed by atoms with Crippen molar-refractivity contribution in [3.05, 3.63) is 89.6 Å². The van der Waals surface area contributed by atoms with Crippen molar-refractivity contribution < 1.29 is 9.47 Å². The number of nitrogens with zero attached hydrogens (tertiary/aromatic N) is 2. The number of allylic oxidation sites excluding steroid dienone is 2. The lowest BCUT2D eigenvalue weighted by Crippen LogP contribution is -2.15. The van der Waals surface area contributed by atoms with Crippen LogP contribution in [0.25, 0.3) is 23.5 Å². The van der Waals surface area contributed by atoms with E-state index in [-0.39, 0.29) is 10.8 Å². The summed E-state index contributed by atoms with van der Waals surface area (Å²) < 4.78 is 11.8. The Labute approximate surface area is 198 Å². The molecule has 172 valence electrons. The Balaban J connectivity index is 1.95. The van der Waals surface area contributed by atoms with Crippen LogP contribution < -0.4 is 4.74 Å². The summed E-state index contributed by atoms with van der Waals surface area (Å²) in [6.07, 6.45) is 3.99. The van der Waals surface area contributed by atoms with Gasteiger partial charge in [0.25, 0.3) is 0 Å². The van der Waals surface area contributed by atoms with Gasteiger partial charge in [0, 0.05) is 23.0 Å². The molecule has 0 fully saturated rings. The highest BCUT2D eigenvalue weighted by molar-refractivity contribution is 5.61. The van der Waals surface area contributed by atoms with E-state index >= 15 is 0 Å². The third kappa shape index (κ3) is 6.79. The summed E-state index contributed by atoms with van der Waals surface area (Å²) in [5, 5.41) is 0. The molecule has 0 aliphatic carbocycles. The highest BCUT2D eigenvalue weighted by Crippen LogP contribution is 2.30. The van der Waals surface area contributed by atoms with E-state index in [9.17, 15) is 0 Å². The fourth-order valence-corrected chi connectivity index (χ4v) is 3.21. The van der Waals surface area contributed by atoms with Crippen LogP contribution in [-0.2, 0) is 4.74 Å². The normalized spacial score (nSPS) is 13.1. The Morgan fingerprint density at radius 2 is 1.12 bits per heavy atom. The number of rotatable bonds is 6. The molecule has 3 rings (SSSR count). The number of aromatic nitrogens is 2. The van der Waals surface area contributed by atoms with Crippen LogP contribution in [0, 0.1) is 10.8 Å². The molecule has 0 amide bonds. The molecule has 0 aliphatic rings. The number of para-hydroxylation sites is 1. The number of benzene rings is 1. The first-order valence-electron chi connectivity index (χ1n) is 11.2. The molecule has 0 spiro atoms. The number of ether oxygens (including phenoxy) is 2. The lowest BCUT2D eigenvalue weighted by atomic mass is 9.93. The lowest BCUT2D eigenvalue weighted by Gasteiger charge is -2.23. The monoisotopic (exact) mass is 442 g/mol. The van der Waals surface area contributed by atoms with Crippen molar-refractivity contribution in [3.63, 3.8) is 0 Å². The van der Waals surface area contributed by atoms with E-state index in [4.69, 9.17) is 19.4 Å². The molecule has 0 bridgehead atoms. The summed E-state index contributed by atoms with van der Waals surface area (Å²) in [6, 6.07) is 21.7. The Hall–Kier alpha value is -3.40. The summed E-state index contributed by atoms with van der Waals surface area (Å²) in [7, 11) is 1.70. The molecular weight excluding hydrogens is 408 g/mol. The standard InChI is InChI=1S/C29H34N2O2/c1-28(2,3)26(32-7)19-21-13-11-17-24(30-21)25-18-12-14-22(31-25)20-27(29(4,5)6)33-23-15-9-8-10-16-23/h8-20H,1-7H3/b26-19-,27-20-. The van der Waals surface area contributed by atoms with Gasteiger partial charge >= 0.3 is 0 Å². The Morgan fingerprint density at radius 3 is 1.58 bits per heavy atom. The molecule has 0 N–H and O–H groups in total. The van der Waals surface area contributed by atoms with Crippen molar-refractivity contribution in [1.29, 1.82) is 0 Å². The second-order valence-corrected chi connectivity index (χ2v) is 10.0. The summed E-state index contributed by atoms with van der Waals surface area (Å²) in [5.74, 6) is 2.53. The van der Waals surface area contributed by atoms with Crippen molar-refractivity contribution in [3.8, 4) is 17.1 Å². The van der Waals surface area contributed by atoms with Gasteiger partial charge in [0.1, 0.15) is 17.3 Å². The van der Waals surface area contributed by atoms with E-state index in [1.807, 2.05) is 78.9 Å². The van der Waals surface area contributed by atoms with E-state index in [2.05, 4.69) is 41.5 Å². The minimum atomic E-state index is -0.181. The molecule has 33 heavy (non-hydrogen) atoms.